The third-order valence-corrected chi connectivity index (χ3v) is 6.43. The van der Waals surface area contributed by atoms with Gasteiger partial charge in [0.25, 0.3) is 0 Å². The van der Waals surface area contributed by atoms with Gasteiger partial charge in [0.15, 0.2) is 0 Å². The molecule has 0 aliphatic heterocycles. The fraction of sp³-hybridized carbons (Fsp3) is 0.136. The highest BCUT2D eigenvalue weighted by Gasteiger charge is 2.12. The summed E-state index contributed by atoms with van der Waals surface area (Å²) in [5.74, 6) is 0.136. The highest BCUT2D eigenvalue weighted by molar-refractivity contribution is 8.00. The number of aromatic nitrogens is 2. The Labute approximate surface area is 185 Å². The van der Waals surface area contributed by atoms with Crippen LogP contribution in [-0.4, -0.2) is 28.2 Å². The minimum atomic E-state index is -2.86. The Kier molecular flexibility index (Phi) is 6.73. The first-order valence-corrected chi connectivity index (χ1v) is 11.1. The zero-order valence-corrected chi connectivity index (χ0v) is 17.8. The zero-order chi connectivity index (χ0) is 21.6. The number of nitrogens with one attached hydrogen (secondary N) is 1. The molecule has 9 heteroatoms. The predicted octanol–water partition coefficient (Wildman–Crippen LogP) is 5.37. The smallest absolute Gasteiger partial charge is 0.387 e. The molecule has 4 aromatic rings. The van der Waals surface area contributed by atoms with Crippen LogP contribution in [0.15, 0.2) is 72.0 Å². The lowest BCUT2D eigenvalue weighted by Gasteiger charge is -2.07. The number of thiophene rings is 1. The Morgan fingerprint density at radius 1 is 1.10 bits per heavy atom. The third-order valence-electron chi connectivity index (χ3n) is 4.33. The van der Waals surface area contributed by atoms with Gasteiger partial charge in [-0.15, -0.1) is 11.3 Å². The van der Waals surface area contributed by atoms with E-state index in [2.05, 4.69) is 26.1 Å². The van der Waals surface area contributed by atoms with Crippen molar-refractivity contribution in [2.24, 2.45) is 0 Å². The average molecular weight is 458 g/mol. The molecule has 31 heavy (non-hydrogen) atoms. The number of hydrogen-bond donors (Lipinski definition) is 1. The quantitative estimate of drug-likeness (QED) is 0.285. The van der Waals surface area contributed by atoms with Crippen LogP contribution in [0.2, 0.25) is 0 Å². The molecule has 158 valence electrons. The van der Waals surface area contributed by atoms with E-state index in [0.717, 1.165) is 31.2 Å². The molecule has 4 rings (SSSR count). The van der Waals surface area contributed by atoms with Crippen molar-refractivity contribution in [3.05, 3.63) is 72.6 Å². The van der Waals surface area contributed by atoms with Crippen LogP contribution in [0.5, 0.6) is 5.75 Å². The van der Waals surface area contributed by atoms with Gasteiger partial charge in [-0.3, -0.25) is 4.79 Å². The molecule has 0 aliphatic carbocycles. The zero-order valence-electron chi connectivity index (χ0n) is 16.1. The van der Waals surface area contributed by atoms with Gasteiger partial charge in [0.1, 0.15) is 21.9 Å². The van der Waals surface area contributed by atoms with Crippen molar-refractivity contribution in [1.82, 2.24) is 15.3 Å². The second kappa shape index (κ2) is 9.84. The van der Waals surface area contributed by atoms with Crippen LogP contribution in [0.25, 0.3) is 20.7 Å². The van der Waals surface area contributed by atoms with E-state index in [-0.39, 0.29) is 17.4 Å². The number of amides is 1. The lowest BCUT2D eigenvalue weighted by atomic mass is 10.2. The lowest BCUT2D eigenvalue weighted by molar-refractivity contribution is -0.118. The Hall–Kier alpha value is -3.04. The van der Waals surface area contributed by atoms with Crippen molar-refractivity contribution < 1.29 is 18.3 Å². The number of halogens is 2. The maximum atomic E-state index is 12.3. The molecule has 2 aromatic heterocycles. The maximum absolute atomic E-state index is 12.3. The summed E-state index contributed by atoms with van der Waals surface area (Å²) >= 11 is 2.94. The van der Waals surface area contributed by atoms with Crippen molar-refractivity contribution in [2.45, 2.75) is 18.2 Å². The summed E-state index contributed by atoms with van der Waals surface area (Å²) in [4.78, 5) is 22.9. The van der Waals surface area contributed by atoms with E-state index >= 15 is 0 Å². The van der Waals surface area contributed by atoms with Gasteiger partial charge in [0.05, 0.1) is 5.75 Å². The molecule has 0 aliphatic rings. The molecule has 2 heterocycles. The van der Waals surface area contributed by atoms with E-state index in [0.29, 0.717) is 6.54 Å². The fourth-order valence-corrected chi connectivity index (χ4v) is 4.74. The molecule has 0 saturated heterocycles. The van der Waals surface area contributed by atoms with Crippen LogP contribution < -0.4 is 10.1 Å². The molecule has 0 atom stereocenters. The molecule has 0 radical (unpaired) electrons. The average Bonchev–Trinajstić information content (AvgIpc) is 3.22. The van der Waals surface area contributed by atoms with Crippen LogP contribution in [0, 0.1) is 0 Å². The van der Waals surface area contributed by atoms with E-state index in [1.54, 1.807) is 23.5 Å². The second-order valence-corrected chi connectivity index (χ2v) is 8.46. The Morgan fingerprint density at radius 3 is 2.61 bits per heavy atom. The largest absolute Gasteiger partial charge is 0.435 e. The van der Waals surface area contributed by atoms with E-state index in [1.165, 1.54) is 30.2 Å². The summed E-state index contributed by atoms with van der Waals surface area (Å²) in [6, 6.07) is 18.3. The molecule has 0 bridgehead atoms. The van der Waals surface area contributed by atoms with Gasteiger partial charge in [-0.05, 0) is 29.3 Å². The maximum Gasteiger partial charge on any atom is 0.387 e. The Bertz CT molecular complexity index is 1170. The number of hydrogen-bond acceptors (Lipinski definition) is 6. The van der Waals surface area contributed by atoms with Gasteiger partial charge in [0.2, 0.25) is 5.91 Å². The first kappa shape index (κ1) is 21.2. The minimum absolute atomic E-state index is 0.0824. The molecule has 0 unspecified atom stereocenters. The molecule has 2 aromatic carbocycles. The van der Waals surface area contributed by atoms with Gasteiger partial charge >= 0.3 is 6.61 Å². The first-order valence-electron chi connectivity index (χ1n) is 9.32. The number of alkyl halides is 2. The van der Waals surface area contributed by atoms with Crippen molar-refractivity contribution in [2.75, 3.05) is 5.75 Å². The van der Waals surface area contributed by atoms with Crippen LogP contribution in [0.4, 0.5) is 8.78 Å². The molecule has 0 saturated carbocycles. The molecule has 5 nitrogen and oxygen atoms in total. The Balaban J connectivity index is 1.35. The van der Waals surface area contributed by atoms with E-state index in [4.69, 9.17) is 0 Å². The summed E-state index contributed by atoms with van der Waals surface area (Å²) in [7, 11) is 0. The van der Waals surface area contributed by atoms with Crippen LogP contribution in [0.3, 0.4) is 0 Å². The van der Waals surface area contributed by atoms with Crippen molar-refractivity contribution in [1.29, 1.82) is 0 Å². The molecular weight excluding hydrogens is 440 g/mol. The lowest BCUT2D eigenvalue weighted by Crippen LogP contribution is -2.24. The van der Waals surface area contributed by atoms with Gasteiger partial charge < -0.3 is 10.1 Å². The van der Waals surface area contributed by atoms with Crippen LogP contribution >= 0.6 is 23.1 Å². The van der Waals surface area contributed by atoms with Gasteiger partial charge in [0, 0.05) is 16.8 Å². The summed E-state index contributed by atoms with van der Waals surface area (Å²) < 4.78 is 28.7. The summed E-state index contributed by atoms with van der Waals surface area (Å²) in [5, 5.41) is 4.51. The summed E-state index contributed by atoms with van der Waals surface area (Å²) in [6.45, 7) is -2.56. The van der Waals surface area contributed by atoms with Crippen molar-refractivity contribution in [3.63, 3.8) is 0 Å². The highest BCUT2D eigenvalue weighted by Crippen LogP contribution is 2.35. The van der Waals surface area contributed by atoms with E-state index in [1.807, 2.05) is 30.3 Å². The second-order valence-electron chi connectivity index (χ2n) is 6.46. The third kappa shape index (κ3) is 5.56. The fourth-order valence-electron chi connectivity index (χ4n) is 2.87. The molecule has 1 amide bonds. The first-order chi connectivity index (χ1) is 15.1. The minimum Gasteiger partial charge on any atom is -0.435 e. The van der Waals surface area contributed by atoms with E-state index < -0.39 is 6.61 Å². The monoisotopic (exact) mass is 457 g/mol. The number of benzene rings is 2. The van der Waals surface area contributed by atoms with Crippen molar-refractivity contribution in [3.8, 4) is 16.2 Å². The Morgan fingerprint density at radius 2 is 1.87 bits per heavy atom. The summed E-state index contributed by atoms with van der Waals surface area (Å²) in [6.07, 6.45) is 1.51. The van der Waals surface area contributed by atoms with Gasteiger partial charge in [-0.2, -0.15) is 8.78 Å². The van der Waals surface area contributed by atoms with Crippen LogP contribution in [0.1, 0.15) is 5.56 Å². The topological polar surface area (TPSA) is 64.1 Å². The van der Waals surface area contributed by atoms with Gasteiger partial charge in [-0.25, -0.2) is 9.97 Å². The number of carbonyl (C=O) groups excluding carboxylic acids is 1. The van der Waals surface area contributed by atoms with Crippen molar-refractivity contribution >= 4 is 39.2 Å². The number of carbonyl (C=O) groups is 1. The standard InChI is InChI=1S/C22H17F2N3O2S2/c23-22(24)29-16-8-6-14(7-9-16)11-25-19(28)12-30-20-17-10-18(15-4-2-1-3-5-15)31-21(17)27-13-26-20/h1-10,13,22H,11-12H2,(H,25,28). The SMILES string of the molecule is O=C(CSc1ncnc2sc(-c3ccccc3)cc12)NCc1ccc(OC(F)F)cc1. The highest BCUT2D eigenvalue weighted by atomic mass is 32.2. The van der Waals surface area contributed by atoms with E-state index in [9.17, 15) is 13.6 Å². The molecular formula is C22H17F2N3O2S2. The summed E-state index contributed by atoms with van der Waals surface area (Å²) in [5.41, 5.74) is 1.90. The molecule has 0 spiro atoms. The predicted molar refractivity (Wildman–Crippen MR) is 118 cm³/mol. The van der Waals surface area contributed by atoms with Crippen LogP contribution in [-0.2, 0) is 11.3 Å². The number of ether oxygens (including phenoxy) is 1. The normalized spacial score (nSPS) is 11.1. The number of nitrogens with zero attached hydrogens (tertiary/aromatic N) is 2. The molecule has 0 fully saturated rings. The number of rotatable bonds is 8. The molecule has 1 N–H and O–H groups in total. The number of thioether (sulfide) groups is 1. The van der Waals surface area contributed by atoms with Gasteiger partial charge in [-0.1, -0.05) is 54.2 Å². The number of fused-ring (bicyclic) bond motifs is 1.